The molecule has 2 N–H and O–H groups in total. The second kappa shape index (κ2) is 6.17. The van der Waals surface area contributed by atoms with Gasteiger partial charge < -0.3 is 10.2 Å². The van der Waals surface area contributed by atoms with E-state index in [1.54, 1.807) is 0 Å². The lowest BCUT2D eigenvalue weighted by Gasteiger charge is -2.53. The predicted molar refractivity (Wildman–Crippen MR) is 101 cm³/mol. The van der Waals surface area contributed by atoms with Crippen LogP contribution < -0.4 is 0 Å². The van der Waals surface area contributed by atoms with Crippen LogP contribution in [-0.4, -0.2) is 15.8 Å². The fourth-order valence-corrected chi connectivity index (χ4v) is 5.36. The second-order valence-corrected chi connectivity index (χ2v) is 8.18. The second-order valence-electron chi connectivity index (χ2n) is 8.18. The Morgan fingerprint density at radius 1 is 1.08 bits per heavy atom. The largest absolute Gasteiger partial charge is 0.508 e. The molecule has 2 aromatic carbocycles. The summed E-state index contributed by atoms with van der Waals surface area (Å²) in [5.41, 5.74) is 3.66. The molecular formula is C23H28O2. The van der Waals surface area contributed by atoms with Crippen molar-refractivity contribution in [1.29, 1.82) is 0 Å². The molecule has 0 unspecified atom stereocenters. The maximum Gasteiger partial charge on any atom is 0.115 e. The van der Waals surface area contributed by atoms with Crippen LogP contribution in [0.5, 0.6) is 5.75 Å². The molecule has 0 saturated heterocycles. The summed E-state index contributed by atoms with van der Waals surface area (Å²) in [4.78, 5) is 0. The molecule has 0 aromatic heterocycles. The molecule has 0 aliphatic heterocycles. The number of aryl methyl sites for hydroxylation is 1. The van der Waals surface area contributed by atoms with Gasteiger partial charge in [-0.15, -0.1) is 0 Å². The Morgan fingerprint density at radius 3 is 2.64 bits per heavy atom. The van der Waals surface area contributed by atoms with Crippen LogP contribution in [0.4, 0.5) is 0 Å². The van der Waals surface area contributed by atoms with Crippen molar-refractivity contribution in [2.75, 3.05) is 0 Å². The fraction of sp³-hybridized carbons (Fsp3) is 0.478. The number of hydrogen-bond acceptors (Lipinski definition) is 2. The molecule has 4 rings (SSSR count). The normalized spacial score (nSPS) is 31.2. The zero-order valence-electron chi connectivity index (χ0n) is 15.0. The third-order valence-corrected chi connectivity index (χ3v) is 6.85. The van der Waals surface area contributed by atoms with E-state index in [2.05, 4.69) is 43.3 Å². The van der Waals surface area contributed by atoms with E-state index in [1.807, 2.05) is 12.1 Å². The smallest absolute Gasteiger partial charge is 0.115 e. The number of benzene rings is 2. The van der Waals surface area contributed by atoms with E-state index >= 15 is 0 Å². The van der Waals surface area contributed by atoms with Gasteiger partial charge in [-0.3, -0.25) is 0 Å². The van der Waals surface area contributed by atoms with Crippen molar-refractivity contribution in [3.8, 4) is 5.75 Å². The number of aliphatic hydroxyl groups is 1. The molecule has 0 spiro atoms. The van der Waals surface area contributed by atoms with Crippen LogP contribution >= 0.6 is 0 Å². The minimum atomic E-state index is -0.501. The van der Waals surface area contributed by atoms with Crippen molar-refractivity contribution >= 4 is 0 Å². The Labute approximate surface area is 150 Å². The number of rotatable bonds is 3. The van der Waals surface area contributed by atoms with Gasteiger partial charge in [-0.05, 0) is 79.7 Å². The van der Waals surface area contributed by atoms with Crippen LogP contribution in [0.1, 0.15) is 55.7 Å². The van der Waals surface area contributed by atoms with Crippen LogP contribution in [0.15, 0.2) is 48.5 Å². The quantitative estimate of drug-likeness (QED) is 0.848. The van der Waals surface area contributed by atoms with Crippen molar-refractivity contribution in [3.63, 3.8) is 0 Å². The van der Waals surface area contributed by atoms with E-state index < -0.39 is 5.60 Å². The molecule has 0 amide bonds. The molecule has 2 aromatic rings. The van der Waals surface area contributed by atoms with Crippen molar-refractivity contribution in [2.24, 2.45) is 5.92 Å². The molecule has 2 aliphatic carbocycles. The molecule has 2 nitrogen and oxygen atoms in total. The lowest BCUT2D eigenvalue weighted by Crippen LogP contribution is -2.51. The summed E-state index contributed by atoms with van der Waals surface area (Å²) in [6.45, 7) is 2.11. The molecule has 1 saturated carbocycles. The lowest BCUT2D eigenvalue weighted by atomic mass is 9.52. The van der Waals surface area contributed by atoms with Gasteiger partial charge in [0.15, 0.2) is 0 Å². The molecule has 132 valence electrons. The Hall–Kier alpha value is -1.80. The standard InChI is InChI=1S/C23H28O2/c1-2-22(25)12-13-23(15-17-6-4-3-5-7-17)19(16-22)9-8-18-14-20(24)10-11-21(18)23/h3-7,10-11,14,19,24-25H,2,8-9,12-13,15-16H2,1H3/t19-,22-,23+/m0/s1. The van der Waals surface area contributed by atoms with Gasteiger partial charge in [-0.1, -0.05) is 43.3 Å². The van der Waals surface area contributed by atoms with Gasteiger partial charge in [0.05, 0.1) is 5.60 Å². The Morgan fingerprint density at radius 2 is 1.88 bits per heavy atom. The highest BCUT2D eigenvalue weighted by Gasteiger charge is 2.50. The van der Waals surface area contributed by atoms with Gasteiger partial charge in [0.2, 0.25) is 0 Å². The summed E-state index contributed by atoms with van der Waals surface area (Å²) in [5, 5.41) is 20.9. The first-order valence-corrected chi connectivity index (χ1v) is 9.63. The first-order chi connectivity index (χ1) is 12.0. The van der Waals surface area contributed by atoms with Crippen LogP contribution in [0.2, 0.25) is 0 Å². The van der Waals surface area contributed by atoms with Crippen LogP contribution in [0.3, 0.4) is 0 Å². The maximum absolute atomic E-state index is 11.0. The van der Waals surface area contributed by atoms with Crippen molar-refractivity contribution in [1.82, 2.24) is 0 Å². The van der Waals surface area contributed by atoms with E-state index in [0.717, 1.165) is 44.9 Å². The Balaban J connectivity index is 1.79. The van der Waals surface area contributed by atoms with E-state index in [0.29, 0.717) is 11.7 Å². The molecule has 2 aliphatic rings. The third kappa shape index (κ3) is 2.87. The number of phenolic OH excluding ortho intramolecular Hbond substituents is 1. The molecule has 25 heavy (non-hydrogen) atoms. The Kier molecular flexibility index (Phi) is 4.11. The number of phenols is 1. The summed E-state index contributed by atoms with van der Waals surface area (Å²) < 4.78 is 0. The van der Waals surface area contributed by atoms with E-state index in [4.69, 9.17) is 0 Å². The minimum Gasteiger partial charge on any atom is -0.508 e. The van der Waals surface area contributed by atoms with Crippen LogP contribution in [0, 0.1) is 5.92 Å². The topological polar surface area (TPSA) is 40.5 Å². The molecule has 2 heteroatoms. The summed E-state index contributed by atoms with van der Waals surface area (Å²) in [7, 11) is 0. The average molecular weight is 336 g/mol. The number of fused-ring (bicyclic) bond motifs is 3. The van der Waals surface area contributed by atoms with Crippen molar-refractivity contribution < 1.29 is 10.2 Å². The van der Waals surface area contributed by atoms with Gasteiger partial charge in [-0.2, -0.15) is 0 Å². The summed E-state index contributed by atoms with van der Waals surface area (Å²) >= 11 is 0. The van der Waals surface area contributed by atoms with E-state index in [-0.39, 0.29) is 5.41 Å². The minimum absolute atomic E-state index is 0.0873. The third-order valence-electron chi connectivity index (χ3n) is 6.85. The highest BCUT2D eigenvalue weighted by atomic mass is 16.3. The average Bonchev–Trinajstić information content (AvgIpc) is 2.63. The van der Waals surface area contributed by atoms with Gasteiger partial charge in [0, 0.05) is 5.41 Å². The highest BCUT2D eigenvalue weighted by molar-refractivity contribution is 5.44. The zero-order valence-corrected chi connectivity index (χ0v) is 15.0. The molecule has 0 radical (unpaired) electrons. The molecule has 0 heterocycles. The Bertz CT molecular complexity index is 754. The molecule has 1 fully saturated rings. The monoisotopic (exact) mass is 336 g/mol. The van der Waals surface area contributed by atoms with Crippen molar-refractivity contribution in [2.45, 2.75) is 62.9 Å². The first-order valence-electron chi connectivity index (χ1n) is 9.63. The van der Waals surface area contributed by atoms with Crippen LogP contribution in [-0.2, 0) is 18.3 Å². The maximum atomic E-state index is 11.0. The van der Waals surface area contributed by atoms with E-state index in [9.17, 15) is 10.2 Å². The summed E-state index contributed by atoms with van der Waals surface area (Å²) in [6, 6.07) is 16.7. The SMILES string of the molecule is CC[C@]1(O)CC[C@]2(Cc3ccccc3)c3ccc(O)cc3CC[C@H]2C1. The fourth-order valence-electron chi connectivity index (χ4n) is 5.36. The highest BCUT2D eigenvalue weighted by Crippen LogP contribution is 2.55. The van der Waals surface area contributed by atoms with Crippen molar-refractivity contribution in [3.05, 3.63) is 65.2 Å². The molecule has 0 bridgehead atoms. The lowest BCUT2D eigenvalue weighted by molar-refractivity contribution is -0.0529. The van der Waals surface area contributed by atoms with Gasteiger partial charge >= 0.3 is 0 Å². The van der Waals surface area contributed by atoms with Gasteiger partial charge in [-0.25, -0.2) is 0 Å². The predicted octanol–water partition coefficient (Wildman–Crippen LogP) is 4.76. The van der Waals surface area contributed by atoms with Crippen LogP contribution in [0.25, 0.3) is 0 Å². The molecular weight excluding hydrogens is 308 g/mol. The number of aromatic hydroxyl groups is 1. The molecule has 3 atom stereocenters. The summed E-state index contributed by atoms with van der Waals surface area (Å²) in [5.74, 6) is 0.872. The summed E-state index contributed by atoms with van der Waals surface area (Å²) in [6.07, 6.45) is 6.76. The van der Waals surface area contributed by atoms with E-state index in [1.165, 1.54) is 16.7 Å². The van der Waals surface area contributed by atoms with Gasteiger partial charge in [0.25, 0.3) is 0 Å². The van der Waals surface area contributed by atoms with Gasteiger partial charge in [0.1, 0.15) is 5.75 Å². The number of hydrogen-bond donors (Lipinski definition) is 2. The zero-order chi connectivity index (χ0) is 17.5. The first kappa shape index (κ1) is 16.7.